The van der Waals surface area contributed by atoms with E-state index < -0.39 is 6.10 Å². The summed E-state index contributed by atoms with van der Waals surface area (Å²) in [6.07, 6.45) is 2.63. The van der Waals surface area contributed by atoms with E-state index in [0.29, 0.717) is 6.42 Å². The third-order valence-electron chi connectivity index (χ3n) is 3.55. The third-order valence-corrected chi connectivity index (χ3v) is 3.55. The summed E-state index contributed by atoms with van der Waals surface area (Å²) >= 11 is 0. The second-order valence-corrected chi connectivity index (χ2v) is 4.58. The van der Waals surface area contributed by atoms with Crippen LogP contribution in [0.2, 0.25) is 0 Å². The van der Waals surface area contributed by atoms with Gasteiger partial charge in [0.05, 0.1) is 12.1 Å². The quantitative estimate of drug-likeness (QED) is 0.869. The number of hydrogen-bond acceptors (Lipinski definition) is 4. The zero-order valence-electron chi connectivity index (χ0n) is 9.65. The fourth-order valence-corrected chi connectivity index (χ4v) is 2.70. The van der Waals surface area contributed by atoms with Crippen LogP contribution >= 0.6 is 0 Å². The Morgan fingerprint density at radius 1 is 1.22 bits per heavy atom. The van der Waals surface area contributed by atoms with E-state index in [1.807, 2.05) is 0 Å². The van der Waals surface area contributed by atoms with Crippen LogP contribution in [0.1, 0.15) is 30.4 Å². The molecule has 1 fully saturated rings. The minimum Gasteiger partial charge on any atom is -0.392 e. The van der Waals surface area contributed by atoms with Crippen LogP contribution in [0.4, 0.5) is 4.39 Å². The van der Waals surface area contributed by atoms with E-state index in [1.165, 1.54) is 12.1 Å². The third kappa shape index (κ3) is 1.88. The molecule has 1 aromatic carbocycles. The van der Waals surface area contributed by atoms with Crippen molar-refractivity contribution in [3.05, 3.63) is 42.0 Å². The predicted octanol–water partition coefficient (Wildman–Crippen LogP) is 1.29. The first kappa shape index (κ1) is 11.3. The van der Waals surface area contributed by atoms with E-state index in [-0.39, 0.29) is 17.8 Å². The number of tetrazole rings is 1. The molecule has 1 aliphatic rings. The maximum absolute atomic E-state index is 12.9. The van der Waals surface area contributed by atoms with Crippen LogP contribution < -0.4 is 0 Å². The Hall–Kier alpha value is -1.82. The number of benzene rings is 1. The van der Waals surface area contributed by atoms with Gasteiger partial charge >= 0.3 is 0 Å². The lowest BCUT2D eigenvalue weighted by atomic mass is 9.92. The lowest BCUT2D eigenvalue weighted by Gasteiger charge is -2.22. The van der Waals surface area contributed by atoms with Crippen LogP contribution in [0.5, 0.6) is 0 Å². The van der Waals surface area contributed by atoms with Crippen LogP contribution in [-0.2, 0) is 0 Å². The molecule has 0 aliphatic heterocycles. The van der Waals surface area contributed by atoms with Gasteiger partial charge in [-0.3, -0.25) is 0 Å². The Kier molecular flexibility index (Phi) is 2.79. The summed E-state index contributed by atoms with van der Waals surface area (Å²) in [7, 11) is 0. The van der Waals surface area contributed by atoms with Gasteiger partial charge in [0.1, 0.15) is 12.1 Å². The molecule has 3 rings (SSSR count). The molecule has 3 unspecified atom stereocenters. The predicted molar refractivity (Wildman–Crippen MR) is 61.2 cm³/mol. The SMILES string of the molecule is OC1CCC(n2cnnn2)C1c1ccc(F)cc1. The number of aromatic nitrogens is 4. The zero-order valence-corrected chi connectivity index (χ0v) is 9.65. The summed E-state index contributed by atoms with van der Waals surface area (Å²) in [5.41, 5.74) is 0.918. The van der Waals surface area contributed by atoms with Gasteiger partial charge in [0.15, 0.2) is 0 Å². The maximum Gasteiger partial charge on any atom is 0.138 e. The van der Waals surface area contributed by atoms with Gasteiger partial charge in [0.2, 0.25) is 0 Å². The summed E-state index contributed by atoms with van der Waals surface area (Å²) in [6.45, 7) is 0. The summed E-state index contributed by atoms with van der Waals surface area (Å²) in [5.74, 6) is -0.362. The molecule has 5 nitrogen and oxygen atoms in total. The Labute approximate surface area is 103 Å². The Morgan fingerprint density at radius 3 is 2.67 bits per heavy atom. The van der Waals surface area contributed by atoms with Crippen LogP contribution in [0.3, 0.4) is 0 Å². The average molecular weight is 248 g/mol. The van der Waals surface area contributed by atoms with Crippen molar-refractivity contribution in [1.29, 1.82) is 0 Å². The highest BCUT2D eigenvalue weighted by atomic mass is 19.1. The molecule has 0 radical (unpaired) electrons. The number of hydrogen-bond donors (Lipinski definition) is 1. The second kappa shape index (κ2) is 4.45. The van der Waals surface area contributed by atoms with E-state index in [2.05, 4.69) is 15.5 Å². The van der Waals surface area contributed by atoms with E-state index >= 15 is 0 Å². The molecule has 3 atom stereocenters. The monoisotopic (exact) mass is 248 g/mol. The summed E-state index contributed by atoms with van der Waals surface area (Å²) in [6, 6.07) is 6.28. The molecule has 0 amide bonds. The fraction of sp³-hybridized carbons (Fsp3) is 0.417. The number of rotatable bonds is 2. The Morgan fingerprint density at radius 2 is 2.00 bits per heavy atom. The first-order valence-electron chi connectivity index (χ1n) is 5.91. The fourth-order valence-electron chi connectivity index (χ4n) is 2.70. The van der Waals surface area contributed by atoms with Crippen molar-refractivity contribution in [2.45, 2.75) is 30.9 Å². The van der Waals surface area contributed by atoms with Gasteiger partial charge < -0.3 is 5.11 Å². The summed E-state index contributed by atoms with van der Waals surface area (Å²) < 4.78 is 14.6. The number of nitrogens with zero attached hydrogens (tertiary/aromatic N) is 4. The molecule has 0 spiro atoms. The molecule has 6 heteroatoms. The maximum atomic E-state index is 12.9. The normalized spacial score (nSPS) is 27.6. The van der Waals surface area contributed by atoms with Gasteiger partial charge in [-0.05, 0) is 41.0 Å². The molecule has 18 heavy (non-hydrogen) atoms. The first-order valence-corrected chi connectivity index (χ1v) is 5.91. The van der Waals surface area contributed by atoms with Crippen LogP contribution in [-0.4, -0.2) is 31.4 Å². The summed E-state index contributed by atoms with van der Waals surface area (Å²) in [5, 5.41) is 21.3. The van der Waals surface area contributed by atoms with Crippen LogP contribution in [0.25, 0.3) is 0 Å². The lowest BCUT2D eigenvalue weighted by Crippen LogP contribution is -2.20. The highest BCUT2D eigenvalue weighted by Crippen LogP contribution is 2.42. The van der Waals surface area contributed by atoms with Gasteiger partial charge in [0.25, 0.3) is 0 Å². The van der Waals surface area contributed by atoms with Gasteiger partial charge in [-0.15, -0.1) is 5.10 Å². The lowest BCUT2D eigenvalue weighted by molar-refractivity contribution is 0.153. The average Bonchev–Trinajstić information content (AvgIpc) is 2.99. The molecule has 0 saturated heterocycles. The Bertz CT molecular complexity index is 513. The molecule has 1 heterocycles. The van der Waals surface area contributed by atoms with Crippen molar-refractivity contribution in [1.82, 2.24) is 20.2 Å². The van der Waals surface area contributed by atoms with Crippen LogP contribution in [0.15, 0.2) is 30.6 Å². The molecular weight excluding hydrogens is 235 g/mol. The van der Waals surface area contributed by atoms with Crippen molar-refractivity contribution in [3.8, 4) is 0 Å². The number of halogens is 1. The molecule has 1 aliphatic carbocycles. The van der Waals surface area contributed by atoms with Crippen molar-refractivity contribution >= 4 is 0 Å². The second-order valence-electron chi connectivity index (χ2n) is 4.58. The van der Waals surface area contributed by atoms with Crippen molar-refractivity contribution in [2.75, 3.05) is 0 Å². The zero-order chi connectivity index (χ0) is 12.5. The topological polar surface area (TPSA) is 63.8 Å². The minimum atomic E-state index is -0.440. The highest BCUT2D eigenvalue weighted by molar-refractivity contribution is 5.24. The van der Waals surface area contributed by atoms with Gasteiger partial charge in [0, 0.05) is 5.92 Å². The van der Waals surface area contributed by atoms with Crippen molar-refractivity contribution in [3.63, 3.8) is 0 Å². The molecular formula is C12H13FN4O. The standard InChI is InChI=1S/C12H13FN4O/c13-9-3-1-8(2-4-9)12-10(5-6-11(12)18)17-7-14-15-16-17/h1-4,7,10-12,18H,5-6H2. The molecule has 1 saturated carbocycles. The van der Waals surface area contributed by atoms with E-state index in [0.717, 1.165) is 12.0 Å². The Balaban J connectivity index is 1.94. The molecule has 1 aromatic heterocycles. The van der Waals surface area contributed by atoms with E-state index in [1.54, 1.807) is 23.1 Å². The molecule has 0 bridgehead atoms. The number of aliphatic hydroxyl groups is 1. The number of aliphatic hydroxyl groups excluding tert-OH is 1. The molecule has 94 valence electrons. The molecule has 2 aromatic rings. The van der Waals surface area contributed by atoms with E-state index in [9.17, 15) is 9.50 Å². The van der Waals surface area contributed by atoms with Gasteiger partial charge in [-0.1, -0.05) is 12.1 Å². The smallest absolute Gasteiger partial charge is 0.138 e. The largest absolute Gasteiger partial charge is 0.392 e. The minimum absolute atomic E-state index is 0.0282. The van der Waals surface area contributed by atoms with Gasteiger partial charge in [-0.25, -0.2) is 9.07 Å². The first-order chi connectivity index (χ1) is 8.75. The van der Waals surface area contributed by atoms with Crippen molar-refractivity contribution in [2.24, 2.45) is 0 Å². The highest BCUT2D eigenvalue weighted by Gasteiger charge is 2.37. The van der Waals surface area contributed by atoms with Crippen LogP contribution in [0, 0.1) is 5.82 Å². The van der Waals surface area contributed by atoms with E-state index in [4.69, 9.17) is 0 Å². The van der Waals surface area contributed by atoms with Gasteiger partial charge in [-0.2, -0.15) is 0 Å². The molecule has 1 N–H and O–H groups in total. The summed E-state index contributed by atoms with van der Waals surface area (Å²) in [4.78, 5) is 0. The van der Waals surface area contributed by atoms with Crippen molar-refractivity contribution < 1.29 is 9.50 Å².